The molecule has 0 aromatic carbocycles. The summed E-state index contributed by atoms with van der Waals surface area (Å²) in [5.41, 5.74) is 0.0904. The topological polar surface area (TPSA) is 109 Å². The molecule has 0 saturated heterocycles. The van der Waals surface area contributed by atoms with Crippen molar-refractivity contribution in [2.75, 3.05) is 13.2 Å². The molecule has 0 aliphatic heterocycles. The van der Waals surface area contributed by atoms with E-state index in [0.717, 1.165) is 11.3 Å². The lowest BCUT2D eigenvalue weighted by Gasteiger charge is -2.15. The van der Waals surface area contributed by atoms with Crippen LogP contribution >= 0.6 is 11.3 Å². The smallest absolute Gasteiger partial charge is 0.357 e. The van der Waals surface area contributed by atoms with Crippen molar-refractivity contribution in [3.8, 4) is 0 Å². The third kappa shape index (κ3) is 4.58. The van der Waals surface area contributed by atoms with E-state index in [4.69, 9.17) is 4.74 Å². The quantitative estimate of drug-likeness (QED) is 0.628. The Kier molecular flexibility index (Phi) is 5.87. The third-order valence-corrected chi connectivity index (χ3v) is 3.10. The number of rotatable bonds is 6. The van der Waals surface area contributed by atoms with Gasteiger partial charge < -0.3 is 20.3 Å². The molecule has 1 aromatic heterocycles. The number of nitrogens with zero attached hydrogens (tertiary/aromatic N) is 1. The lowest BCUT2D eigenvalue weighted by atomic mass is 10.2. The largest absolute Gasteiger partial charge is 0.461 e. The molecule has 1 aromatic rings. The zero-order chi connectivity index (χ0) is 14.4. The number of esters is 1. The fourth-order valence-corrected chi connectivity index (χ4v) is 2.08. The van der Waals surface area contributed by atoms with Gasteiger partial charge in [0.1, 0.15) is 17.2 Å². The van der Waals surface area contributed by atoms with Crippen LogP contribution in [-0.4, -0.2) is 46.3 Å². The summed E-state index contributed by atoms with van der Waals surface area (Å²) in [6.45, 7) is 3.13. The standard InChI is InChI=1S/C11H16N2O5S/c1-3-18-11(17)7-5-19-10(13-7)9(16)8(15)4-12-6(2)14/h5,8-9,15-16H,3-4H2,1-2H3,(H,12,14). The van der Waals surface area contributed by atoms with E-state index >= 15 is 0 Å². The van der Waals surface area contributed by atoms with Crippen molar-refractivity contribution in [1.29, 1.82) is 0 Å². The average molecular weight is 288 g/mol. The molecule has 19 heavy (non-hydrogen) atoms. The van der Waals surface area contributed by atoms with E-state index in [9.17, 15) is 19.8 Å². The predicted octanol–water partition coefficient (Wildman–Crippen LogP) is -0.150. The number of nitrogens with one attached hydrogen (secondary N) is 1. The maximum atomic E-state index is 11.4. The first-order valence-electron chi connectivity index (χ1n) is 5.68. The summed E-state index contributed by atoms with van der Waals surface area (Å²) in [5.74, 6) is -0.883. The van der Waals surface area contributed by atoms with Crippen molar-refractivity contribution in [2.24, 2.45) is 0 Å². The summed E-state index contributed by atoms with van der Waals surface area (Å²) >= 11 is 1.04. The summed E-state index contributed by atoms with van der Waals surface area (Å²) in [7, 11) is 0. The van der Waals surface area contributed by atoms with Gasteiger partial charge in [0.2, 0.25) is 5.91 Å². The van der Waals surface area contributed by atoms with Crippen LogP contribution in [0.2, 0.25) is 0 Å². The second-order valence-corrected chi connectivity index (χ2v) is 4.63. The highest BCUT2D eigenvalue weighted by Gasteiger charge is 2.23. The van der Waals surface area contributed by atoms with Crippen molar-refractivity contribution in [3.05, 3.63) is 16.1 Å². The SMILES string of the molecule is CCOC(=O)c1csc(C(O)C(O)CNC(C)=O)n1. The van der Waals surface area contributed by atoms with Crippen molar-refractivity contribution in [1.82, 2.24) is 10.3 Å². The molecular formula is C11H16N2O5S. The van der Waals surface area contributed by atoms with E-state index in [1.54, 1.807) is 6.92 Å². The molecule has 3 N–H and O–H groups in total. The van der Waals surface area contributed by atoms with Gasteiger partial charge in [0.05, 0.1) is 6.61 Å². The normalized spacial score (nSPS) is 13.7. The van der Waals surface area contributed by atoms with Gasteiger partial charge in [-0.25, -0.2) is 9.78 Å². The molecule has 0 aliphatic rings. The monoisotopic (exact) mass is 288 g/mol. The Morgan fingerprint density at radius 1 is 1.53 bits per heavy atom. The zero-order valence-electron chi connectivity index (χ0n) is 10.6. The molecular weight excluding hydrogens is 272 g/mol. The van der Waals surface area contributed by atoms with Gasteiger partial charge in [-0.3, -0.25) is 4.79 Å². The molecule has 1 amide bonds. The van der Waals surface area contributed by atoms with Gasteiger partial charge >= 0.3 is 5.97 Å². The van der Waals surface area contributed by atoms with Crippen LogP contribution in [-0.2, 0) is 9.53 Å². The van der Waals surface area contributed by atoms with E-state index in [1.807, 2.05) is 0 Å². The van der Waals surface area contributed by atoms with Gasteiger partial charge in [-0.15, -0.1) is 11.3 Å². The second kappa shape index (κ2) is 7.17. The van der Waals surface area contributed by atoms with Crippen LogP contribution in [0.15, 0.2) is 5.38 Å². The first-order valence-corrected chi connectivity index (χ1v) is 6.56. The number of aliphatic hydroxyl groups is 2. The molecule has 0 radical (unpaired) electrons. The predicted molar refractivity (Wildman–Crippen MR) is 67.7 cm³/mol. The number of hydrogen-bond donors (Lipinski definition) is 3. The highest BCUT2D eigenvalue weighted by atomic mass is 32.1. The van der Waals surface area contributed by atoms with E-state index in [-0.39, 0.29) is 29.8 Å². The summed E-state index contributed by atoms with van der Waals surface area (Å²) in [5, 5.41) is 23.5. The minimum Gasteiger partial charge on any atom is -0.461 e. The number of amides is 1. The Bertz CT molecular complexity index is 448. The number of aliphatic hydroxyl groups excluding tert-OH is 2. The van der Waals surface area contributed by atoms with Gasteiger partial charge in [-0.05, 0) is 6.92 Å². The minimum atomic E-state index is -1.26. The summed E-state index contributed by atoms with van der Waals surface area (Å²) in [4.78, 5) is 26.0. The number of carbonyl (C=O) groups is 2. The molecule has 2 unspecified atom stereocenters. The van der Waals surface area contributed by atoms with Crippen LogP contribution in [0.1, 0.15) is 35.4 Å². The molecule has 106 valence electrons. The number of hydrogen-bond acceptors (Lipinski definition) is 7. The van der Waals surface area contributed by atoms with Crippen LogP contribution in [0.3, 0.4) is 0 Å². The van der Waals surface area contributed by atoms with E-state index in [0.29, 0.717) is 0 Å². The number of aromatic nitrogens is 1. The van der Waals surface area contributed by atoms with E-state index in [1.165, 1.54) is 12.3 Å². The van der Waals surface area contributed by atoms with Gasteiger partial charge in [0.25, 0.3) is 0 Å². The van der Waals surface area contributed by atoms with Crippen LogP contribution in [0.5, 0.6) is 0 Å². The van der Waals surface area contributed by atoms with E-state index in [2.05, 4.69) is 10.3 Å². The van der Waals surface area contributed by atoms with Crippen LogP contribution in [0.4, 0.5) is 0 Å². The molecule has 0 bridgehead atoms. The van der Waals surface area contributed by atoms with E-state index < -0.39 is 18.2 Å². The van der Waals surface area contributed by atoms with Crippen LogP contribution in [0.25, 0.3) is 0 Å². The highest BCUT2D eigenvalue weighted by molar-refractivity contribution is 7.09. The molecule has 7 nitrogen and oxygen atoms in total. The first kappa shape index (κ1) is 15.5. The Hall–Kier alpha value is -1.51. The lowest BCUT2D eigenvalue weighted by molar-refractivity contribution is -0.119. The lowest BCUT2D eigenvalue weighted by Crippen LogP contribution is -2.34. The average Bonchev–Trinajstić information content (AvgIpc) is 2.84. The fraction of sp³-hybridized carbons (Fsp3) is 0.545. The molecule has 2 atom stereocenters. The highest BCUT2D eigenvalue weighted by Crippen LogP contribution is 2.21. The third-order valence-electron chi connectivity index (χ3n) is 2.18. The maximum Gasteiger partial charge on any atom is 0.357 e. The van der Waals surface area contributed by atoms with Gasteiger partial charge in [-0.2, -0.15) is 0 Å². The molecule has 1 rings (SSSR count). The van der Waals surface area contributed by atoms with Crippen LogP contribution in [0, 0.1) is 0 Å². The molecule has 0 fully saturated rings. The molecule has 0 spiro atoms. The zero-order valence-corrected chi connectivity index (χ0v) is 11.4. The molecule has 0 aliphatic carbocycles. The number of ether oxygens (including phenoxy) is 1. The minimum absolute atomic E-state index is 0.0904. The van der Waals surface area contributed by atoms with Crippen LogP contribution < -0.4 is 5.32 Å². The number of thiazole rings is 1. The van der Waals surface area contributed by atoms with Crippen molar-refractivity contribution < 1.29 is 24.5 Å². The van der Waals surface area contributed by atoms with Gasteiger partial charge in [0, 0.05) is 18.8 Å². The molecule has 8 heteroatoms. The maximum absolute atomic E-state index is 11.4. The fourth-order valence-electron chi connectivity index (χ4n) is 1.25. The first-order chi connectivity index (χ1) is 8.95. The Labute approximate surface area is 114 Å². The summed E-state index contributed by atoms with van der Waals surface area (Å²) < 4.78 is 4.76. The molecule has 0 saturated carbocycles. The van der Waals surface area contributed by atoms with Gasteiger partial charge in [-0.1, -0.05) is 0 Å². The van der Waals surface area contributed by atoms with Crippen molar-refractivity contribution in [2.45, 2.75) is 26.1 Å². The Morgan fingerprint density at radius 3 is 2.79 bits per heavy atom. The van der Waals surface area contributed by atoms with Crippen molar-refractivity contribution in [3.63, 3.8) is 0 Å². The Balaban J connectivity index is 2.64. The summed E-state index contributed by atoms with van der Waals surface area (Å²) in [6.07, 6.45) is -2.45. The second-order valence-electron chi connectivity index (χ2n) is 3.74. The van der Waals surface area contributed by atoms with Crippen molar-refractivity contribution >= 4 is 23.2 Å². The Morgan fingerprint density at radius 2 is 2.21 bits per heavy atom. The summed E-state index contributed by atoms with van der Waals surface area (Å²) in [6, 6.07) is 0. The number of carbonyl (C=O) groups excluding carboxylic acids is 2. The molecule has 1 heterocycles. The van der Waals surface area contributed by atoms with Gasteiger partial charge in [0.15, 0.2) is 5.69 Å².